The SMILES string of the molecule is CS(=O)(=O)NC(CSc1ccc2c(cnn2-c2ccc(F)cc2)c1)Cc1ccccc1. The second-order valence-electron chi connectivity index (χ2n) is 7.34. The summed E-state index contributed by atoms with van der Waals surface area (Å²) >= 11 is 1.60. The highest BCUT2D eigenvalue weighted by Gasteiger charge is 2.16. The van der Waals surface area contributed by atoms with E-state index in [1.165, 1.54) is 18.4 Å². The first kappa shape index (κ1) is 21.5. The molecule has 4 aromatic rings. The van der Waals surface area contributed by atoms with Gasteiger partial charge in [0.05, 0.1) is 23.7 Å². The number of thioether (sulfide) groups is 1. The minimum absolute atomic E-state index is 0.222. The minimum atomic E-state index is -3.32. The number of aromatic nitrogens is 2. The number of nitrogens with one attached hydrogen (secondary N) is 1. The molecule has 3 aromatic carbocycles. The highest BCUT2D eigenvalue weighted by molar-refractivity contribution is 7.99. The lowest BCUT2D eigenvalue weighted by Crippen LogP contribution is -2.37. The molecule has 1 heterocycles. The molecule has 0 aliphatic heterocycles. The molecule has 0 amide bonds. The van der Waals surface area contributed by atoms with Crippen molar-refractivity contribution in [3.8, 4) is 5.69 Å². The van der Waals surface area contributed by atoms with E-state index in [1.54, 1.807) is 34.8 Å². The normalized spacial score (nSPS) is 12.8. The lowest BCUT2D eigenvalue weighted by molar-refractivity contribution is 0.567. The molecule has 31 heavy (non-hydrogen) atoms. The molecule has 8 heteroatoms. The van der Waals surface area contributed by atoms with Crippen molar-refractivity contribution in [3.05, 3.63) is 90.4 Å². The largest absolute Gasteiger partial charge is 0.233 e. The third-order valence-corrected chi connectivity index (χ3v) is 6.69. The maximum Gasteiger partial charge on any atom is 0.208 e. The number of sulfonamides is 1. The van der Waals surface area contributed by atoms with Gasteiger partial charge in [-0.2, -0.15) is 5.10 Å². The third-order valence-electron chi connectivity index (χ3n) is 4.77. The van der Waals surface area contributed by atoms with E-state index < -0.39 is 10.0 Å². The summed E-state index contributed by atoms with van der Waals surface area (Å²) in [5, 5.41) is 5.39. The predicted octanol–water partition coefficient (Wildman–Crippen LogP) is 4.42. The quantitative estimate of drug-likeness (QED) is 0.400. The Morgan fingerprint density at radius 2 is 1.81 bits per heavy atom. The monoisotopic (exact) mass is 455 g/mol. The topological polar surface area (TPSA) is 64.0 Å². The zero-order chi connectivity index (χ0) is 21.8. The van der Waals surface area contributed by atoms with Crippen molar-refractivity contribution in [2.75, 3.05) is 12.0 Å². The molecule has 0 saturated carbocycles. The van der Waals surface area contributed by atoms with Crippen LogP contribution in [0.2, 0.25) is 0 Å². The van der Waals surface area contributed by atoms with Gasteiger partial charge in [-0.15, -0.1) is 11.8 Å². The molecule has 0 radical (unpaired) electrons. The molecule has 1 atom stereocenters. The summed E-state index contributed by atoms with van der Waals surface area (Å²) in [5.74, 6) is 0.311. The van der Waals surface area contributed by atoms with Crippen LogP contribution in [0.1, 0.15) is 5.56 Å². The Kier molecular flexibility index (Phi) is 6.41. The number of halogens is 1. The highest BCUT2D eigenvalue weighted by atomic mass is 32.2. The first-order valence-corrected chi connectivity index (χ1v) is 12.6. The Morgan fingerprint density at radius 3 is 2.52 bits per heavy atom. The zero-order valence-corrected chi connectivity index (χ0v) is 18.5. The Balaban J connectivity index is 1.50. The van der Waals surface area contributed by atoms with E-state index >= 15 is 0 Å². The lowest BCUT2D eigenvalue weighted by atomic mass is 10.1. The Bertz CT molecular complexity index is 1270. The second kappa shape index (κ2) is 9.21. The molecule has 1 unspecified atom stereocenters. The van der Waals surface area contributed by atoms with Gasteiger partial charge in [-0.1, -0.05) is 30.3 Å². The van der Waals surface area contributed by atoms with Crippen molar-refractivity contribution in [3.63, 3.8) is 0 Å². The maximum atomic E-state index is 13.2. The summed E-state index contributed by atoms with van der Waals surface area (Å²) in [7, 11) is -3.32. The zero-order valence-electron chi connectivity index (χ0n) is 16.9. The summed E-state index contributed by atoms with van der Waals surface area (Å²) in [6.07, 6.45) is 3.58. The van der Waals surface area contributed by atoms with Gasteiger partial charge in [-0.25, -0.2) is 22.2 Å². The average Bonchev–Trinajstić information content (AvgIpc) is 3.15. The summed E-state index contributed by atoms with van der Waals surface area (Å²) in [6, 6.07) is 21.8. The first-order chi connectivity index (χ1) is 14.9. The fourth-order valence-electron chi connectivity index (χ4n) is 3.42. The van der Waals surface area contributed by atoms with Gasteiger partial charge in [0.1, 0.15) is 5.82 Å². The van der Waals surface area contributed by atoms with Gasteiger partial charge in [-0.05, 0) is 54.4 Å². The standard InChI is InChI=1S/C23H22FN3O2S2/c1-31(28,29)26-20(13-17-5-3-2-4-6-17)16-30-22-11-12-23-18(14-22)15-25-27(23)21-9-7-19(24)8-10-21/h2-12,14-15,20,26H,13,16H2,1H3. The van der Waals surface area contributed by atoms with Crippen LogP contribution in [0.5, 0.6) is 0 Å². The second-order valence-corrected chi connectivity index (χ2v) is 10.2. The van der Waals surface area contributed by atoms with Crippen LogP contribution in [0.25, 0.3) is 16.6 Å². The molecule has 0 fully saturated rings. The predicted molar refractivity (Wildman–Crippen MR) is 124 cm³/mol. The van der Waals surface area contributed by atoms with E-state index in [4.69, 9.17) is 0 Å². The average molecular weight is 456 g/mol. The summed E-state index contributed by atoms with van der Waals surface area (Å²) in [4.78, 5) is 1.03. The Hall–Kier alpha value is -2.68. The van der Waals surface area contributed by atoms with E-state index in [0.717, 1.165) is 27.0 Å². The van der Waals surface area contributed by atoms with Crippen molar-refractivity contribution < 1.29 is 12.8 Å². The van der Waals surface area contributed by atoms with Gasteiger partial charge in [-0.3, -0.25) is 0 Å². The van der Waals surface area contributed by atoms with E-state index in [-0.39, 0.29) is 11.9 Å². The summed E-state index contributed by atoms with van der Waals surface area (Å²) < 4.78 is 41.4. The summed E-state index contributed by atoms with van der Waals surface area (Å²) in [5.41, 5.74) is 2.79. The van der Waals surface area contributed by atoms with Crippen molar-refractivity contribution in [2.45, 2.75) is 17.4 Å². The van der Waals surface area contributed by atoms with E-state index in [2.05, 4.69) is 9.82 Å². The third kappa shape index (κ3) is 5.72. The van der Waals surface area contributed by atoms with Gasteiger partial charge < -0.3 is 0 Å². The van der Waals surface area contributed by atoms with Crippen molar-refractivity contribution in [1.82, 2.24) is 14.5 Å². The molecule has 0 spiro atoms. The molecule has 160 valence electrons. The number of hydrogen-bond donors (Lipinski definition) is 1. The fourth-order valence-corrected chi connectivity index (χ4v) is 5.27. The molecule has 0 saturated heterocycles. The van der Waals surface area contributed by atoms with Gasteiger partial charge in [0.25, 0.3) is 0 Å². The minimum Gasteiger partial charge on any atom is -0.233 e. The van der Waals surface area contributed by atoms with Crippen molar-refractivity contribution in [2.24, 2.45) is 0 Å². The maximum absolute atomic E-state index is 13.2. The van der Waals surface area contributed by atoms with Crippen LogP contribution in [0.4, 0.5) is 4.39 Å². The molecule has 0 aliphatic carbocycles. The van der Waals surface area contributed by atoms with Crippen LogP contribution in [-0.4, -0.2) is 36.2 Å². The van der Waals surface area contributed by atoms with Crippen LogP contribution in [-0.2, 0) is 16.4 Å². The fraction of sp³-hybridized carbons (Fsp3) is 0.174. The number of benzene rings is 3. The van der Waals surface area contributed by atoms with Crippen LogP contribution < -0.4 is 4.72 Å². The van der Waals surface area contributed by atoms with Crippen LogP contribution in [0.3, 0.4) is 0 Å². The van der Waals surface area contributed by atoms with Gasteiger partial charge in [0, 0.05) is 22.1 Å². The molecule has 1 N–H and O–H groups in total. The number of fused-ring (bicyclic) bond motifs is 1. The van der Waals surface area contributed by atoms with E-state index in [1.807, 2.05) is 48.5 Å². The smallest absolute Gasteiger partial charge is 0.208 e. The van der Waals surface area contributed by atoms with E-state index in [0.29, 0.717) is 12.2 Å². The van der Waals surface area contributed by atoms with Crippen LogP contribution >= 0.6 is 11.8 Å². The molecule has 5 nitrogen and oxygen atoms in total. The highest BCUT2D eigenvalue weighted by Crippen LogP contribution is 2.26. The van der Waals surface area contributed by atoms with Gasteiger partial charge >= 0.3 is 0 Å². The molecular weight excluding hydrogens is 433 g/mol. The van der Waals surface area contributed by atoms with E-state index in [9.17, 15) is 12.8 Å². The van der Waals surface area contributed by atoms with Crippen molar-refractivity contribution >= 4 is 32.7 Å². The number of nitrogens with zero attached hydrogens (tertiary/aromatic N) is 2. The molecular formula is C23H22FN3O2S2. The van der Waals surface area contributed by atoms with Gasteiger partial charge in [0.15, 0.2) is 0 Å². The molecule has 0 bridgehead atoms. The van der Waals surface area contributed by atoms with Crippen molar-refractivity contribution in [1.29, 1.82) is 0 Å². The summed E-state index contributed by atoms with van der Waals surface area (Å²) in [6.45, 7) is 0. The molecule has 0 aliphatic rings. The van der Waals surface area contributed by atoms with Crippen LogP contribution in [0.15, 0.2) is 83.9 Å². The first-order valence-electron chi connectivity index (χ1n) is 9.75. The molecule has 4 rings (SSSR count). The molecule has 1 aromatic heterocycles. The number of rotatable bonds is 8. The Morgan fingerprint density at radius 1 is 1.06 bits per heavy atom. The lowest BCUT2D eigenvalue weighted by Gasteiger charge is -2.17. The van der Waals surface area contributed by atoms with Gasteiger partial charge in [0.2, 0.25) is 10.0 Å². The Labute approximate surface area is 185 Å². The number of hydrogen-bond acceptors (Lipinski definition) is 4. The van der Waals surface area contributed by atoms with Crippen LogP contribution in [0, 0.1) is 5.82 Å².